The average molecular weight is 591 g/mol. The van der Waals surface area contributed by atoms with Crippen molar-refractivity contribution in [3.8, 4) is 0 Å². The van der Waals surface area contributed by atoms with Crippen molar-refractivity contribution in [2.45, 2.75) is 36.1 Å². The smallest absolute Gasteiger partial charge is 0.376 e. The van der Waals surface area contributed by atoms with Crippen LogP contribution in [0.2, 0.25) is 0 Å². The van der Waals surface area contributed by atoms with Crippen molar-refractivity contribution >= 4 is 38.4 Å². The number of sulfonamides is 1. The fourth-order valence-electron chi connectivity index (χ4n) is 5.08. The molecule has 0 aromatic heterocycles. The Morgan fingerprint density at radius 3 is 2.41 bits per heavy atom. The quantitative estimate of drug-likeness (QED) is 0.450. The molecule has 218 valence electrons. The fraction of sp³-hybridized carbons (Fsp3) is 0.357. The number of hydrogen-bond donors (Lipinski definition) is 2. The van der Waals surface area contributed by atoms with Crippen LogP contribution in [-0.2, 0) is 25.7 Å². The molecule has 2 unspecified atom stereocenters. The van der Waals surface area contributed by atoms with Gasteiger partial charge in [-0.15, -0.1) is 0 Å². The van der Waals surface area contributed by atoms with Gasteiger partial charge in [0.2, 0.25) is 15.9 Å². The zero-order valence-corrected chi connectivity index (χ0v) is 22.7. The molecule has 13 heteroatoms. The molecule has 2 atom stereocenters. The zero-order valence-electron chi connectivity index (χ0n) is 21.9. The number of amides is 3. The number of halogens is 3. The Bertz CT molecular complexity index is 1520. The van der Waals surface area contributed by atoms with E-state index >= 15 is 0 Å². The number of nitrogens with zero attached hydrogens (tertiary/aromatic N) is 2. The highest BCUT2D eigenvalue weighted by molar-refractivity contribution is 7.89. The number of carbonyl (C=O) groups is 2. The average Bonchev–Trinajstić information content (AvgIpc) is 3.49. The number of rotatable bonds is 6. The molecule has 2 fully saturated rings. The highest BCUT2D eigenvalue weighted by Crippen LogP contribution is 2.31. The molecule has 3 aromatic rings. The number of carbonyl (C=O) groups excluding carboxylic acids is 2. The van der Waals surface area contributed by atoms with Crippen LogP contribution >= 0.6 is 0 Å². The summed E-state index contributed by atoms with van der Waals surface area (Å²) in [4.78, 5) is 27.8. The summed E-state index contributed by atoms with van der Waals surface area (Å²) in [5.74, 6) is -0.573. The van der Waals surface area contributed by atoms with Gasteiger partial charge in [0.25, 0.3) is 0 Å². The third kappa shape index (κ3) is 6.31. The van der Waals surface area contributed by atoms with E-state index in [1.165, 1.54) is 11.0 Å². The van der Waals surface area contributed by atoms with Gasteiger partial charge in [0.1, 0.15) is 6.04 Å². The van der Waals surface area contributed by atoms with Crippen LogP contribution < -0.4 is 10.6 Å². The van der Waals surface area contributed by atoms with Crippen molar-refractivity contribution in [3.63, 3.8) is 0 Å². The van der Waals surface area contributed by atoms with Crippen LogP contribution in [0, 0.1) is 0 Å². The lowest BCUT2D eigenvalue weighted by atomic mass is 10.1. The molecule has 5 rings (SSSR count). The number of nitrogens with one attached hydrogen (secondary N) is 2. The van der Waals surface area contributed by atoms with E-state index in [0.29, 0.717) is 12.0 Å². The van der Waals surface area contributed by atoms with E-state index < -0.39 is 39.7 Å². The molecule has 9 nitrogen and oxygen atoms in total. The second-order valence-corrected chi connectivity index (χ2v) is 11.8. The molecule has 2 aliphatic heterocycles. The zero-order chi connectivity index (χ0) is 29.2. The molecule has 2 aliphatic rings. The predicted octanol–water partition coefficient (Wildman–Crippen LogP) is 4.06. The van der Waals surface area contributed by atoms with Crippen LogP contribution in [-0.4, -0.2) is 74.5 Å². The highest BCUT2D eigenvalue weighted by Gasteiger charge is 2.42. The summed E-state index contributed by atoms with van der Waals surface area (Å²) in [5.41, 5.74) is -0.723. The summed E-state index contributed by atoms with van der Waals surface area (Å²) in [6.45, 7) is 0.336. The minimum Gasteiger partial charge on any atom is -0.376 e. The van der Waals surface area contributed by atoms with Crippen molar-refractivity contribution in [3.05, 3.63) is 72.3 Å². The van der Waals surface area contributed by atoms with E-state index in [9.17, 15) is 31.2 Å². The van der Waals surface area contributed by atoms with Gasteiger partial charge < -0.3 is 20.3 Å². The van der Waals surface area contributed by atoms with E-state index in [0.717, 1.165) is 46.8 Å². The molecule has 2 heterocycles. The van der Waals surface area contributed by atoms with Crippen molar-refractivity contribution in [1.82, 2.24) is 14.5 Å². The van der Waals surface area contributed by atoms with Gasteiger partial charge in [0.05, 0.1) is 16.6 Å². The van der Waals surface area contributed by atoms with Crippen molar-refractivity contribution in [2.24, 2.45) is 0 Å². The van der Waals surface area contributed by atoms with E-state index in [4.69, 9.17) is 4.74 Å². The maximum atomic E-state index is 14.0. The topological polar surface area (TPSA) is 108 Å². The second-order valence-electron chi connectivity index (χ2n) is 9.94. The number of fused-ring (bicyclic) bond motifs is 1. The fourth-order valence-corrected chi connectivity index (χ4v) is 6.87. The van der Waals surface area contributed by atoms with Gasteiger partial charge in [-0.3, -0.25) is 4.79 Å². The molecule has 0 spiro atoms. The summed E-state index contributed by atoms with van der Waals surface area (Å²) < 4.78 is 73.3. The van der Waals surface area contributed by atoms with E-state index in [1.807, 2.05) is 0 Å². The highest BCUT2D eigenvalue weighted by atomic mass is 32.2. The van der Waals surface area contributed by atoms with E-state index in [-0.39, 0.29) is 42.9 Å². The monoisotopic (exact) mass is 590 g/mol. The molecule has 0 aliphatic carbocycles. The van der Waals surface area contributed by atoms with Crippen LogP contribution in [0.25, 0.3) is 10.8 Å². The van der Waals surface area contributed by atoms with Crippen molar-refractivity contribution < 1.29 is 35.9 Å². The van der Waals surface area contributed by atoms with Gasteiger partial charge in [0.15, 0.2) is 0 Å². The number of benzene rings is 3. The lowest BCUT2D eigenvalue weighted by Gasteiger charge is -2.39. The number of piperazine rings is 1. The Kier molecular flexibility index (Phi) is 8.20. The first-order chi connectivity index (χ1) is 19.5. The summed E-state index contributed by atoms with van der Waals surface area (Å²) in [6.07, 6.45) is -3.06. The first-order valence-corrected chi connectivity index (χ1v) is 14.6. The normalized spacial score (nSPS) is 20.2. The standard InChI is InChI=1S/C28H29F3N4O5S/c29-28(30,31)20-10-12-21(13-11-20)33-27(37)34-14-15-35(24(18-34)26(36)32-17-22-7-4-16-40-22)41(38,39)25-9-3-6-19-5-1-2-8-23(19)25/h1-3,5-6,8-13,22,24H,4,7,14-18H2,(H,32,36)(H,33,37). The molecule has 3 amide bonds. The van der Waals surface area contributed by atoms with E-state index in [2.05, 4.69) is 10.6 Å². The van der Waals surface area contributed by atoms with Crippen molar-refractivity contribution in [1.29, 1.82) is 0 Å². The van der Waals surface area contributed by atoms with Gasteiger partial charge in [-0.2, -0.15) is 17.5 Å². The van der Waals surface area contributed by atoms with Gasteiger partial charge >= 0.3 is 12.2 Å². The van der Waals surface area contributed by atoms with Gasteiger partial charge in [-0.25, -0.2) is 13.2 Å². The molecule has 0 bridgehead atoms. The molecule has 0 radical (unpaired) electrons. The second kappa shape index (κ2) is 11.7. The molecule has 2 saturated heterocycles. The first-order valence-electron chi connectivity index (χ1n) is 13.2. The predicted molar refractivity (Wildman–Crippen MR) is 146 cm³/mol. The Labute approximate surface area is 235 Å². The lowest BCUT2D eigenvalue weighted by Crippen LogP contribution is -2.62. The largest absolute Gasteiger partial charge is 0.416 e. The maximum absolute atomic E-state index is 14.0. The summed E-state index contributed by atoms with van der Waals surface area (Å²) in [6, 6.07) is 14.0. The van der Waals surface area contributed by atoms with Crippen LogP contribution in [0.15, 0.2) is 71.6 Å². The Hall–Kier alpha value is -3.68. The van der Waals surface area contributed by atoms with Crippen LogP contribution in [0.1, 0.15) is 18.4 Å². The number of ether oxygens (including phenoxy) is 1. The number of hydrogen-bond acceptors (Lipinski definition) is 5. The number of alkyl halides is 3. The third-order valence-electron chi connectivity index (χ3n) is 7.25. The van der Waals surface area contributed by atoms with Crippen LogP contribution in [0.3, 0.4) is 0 Å². The van der Waals surface area contributed by atoms with E-state index in [1.54, 1.807) is 36.4 Å². The first kappa shape index (κ1) is 28.8. The maximum Gasteiger partial charge on any atom is 0.416 e. The Morgan fingerprint density at radius 1 is 0.976 bits per heavy atom. The van der Waals surface area contributed by atoms with Gasteiger partial charge in [0, 0.05) is 43.9 Å². The molecule has 41 heavy (non-hydrogen) atoms. The lowest BCUT2D eigenvalue weighted by molar-refractivity contribution is -0.137. The van der Waals surface area contributed by atoms with Crippen molar-refractivity contribution in [2.75, 3.05) is 38.1 Å². The SMILES string of the molecule is O=C(NCC1CCCO1)C1CN(C(=O)Nc2ccc(C(F)(F)F)cc2)CCN1S(=O)(=O)c1cccc2ccccc12. The summed E-state index contributed by atoms with van der Waals surface area (Å²) in [7, 11) is -4.17. The Morgan fingerprint density at radius 2 is 1.71 bits per heavy atom. The van der Waals surface area contributed by atoms with Crippen LogP contribution in [0.5, 0.6) is 0 Å². The molecular formula is C28H29F3N4O5S. The molecule has 0 saturated carbocycles. The number of urea groups is 1. The number of anilines is 1. The molecule has 3 aromatic carbocycles. The minimum atomic E-state index is -4.52. The van der Waals surface area contributed by atoms with Gasteiger partial charge in [-0.1, -0.05) is 36.4 Å². The van der Waals surface area contributed by atoms with Gasteiger partial charge in [-0.05, 0) is 48.6 Å². The summed E-state index contributed by atoms with van der Waals surface area (Å²) >= 11 is 0. The minimum absolute atomic E-state index is 0.0357. The molecular weight excluding hydrogens is 561 g/mol. The summed E-state index contributed by atoms with van der Waals surface area (Å²) in [5, 5.41) is 6.55. The Balaban J connectivity index is 1.38. The third-order valence-corrected chi connectivity index (χ3v) is 9.22. The van der Waals surface area contributed by atoms with Crippen LogP contribution in [0.4, 0.5) is 23.7 Å². The molecule has 2 N–H and O–H groups in total.